The third-order valence-corrected chi connectivity index (χ3v) is 35.9. The van der Waals surface area contributed by atoms with Crippen LogP contribution >= 0.6 is 0 Å². The Morgan fingerprint density at radius 1 is 0.423 bits per heavy atom. The standard InChI is InChI=1S/C23H29OS.C18H23OS.2C13H18OS.C12H12O2S.C12H16OS/c1-2-3-12-24-22-10-11-23(19-7-5-4-6-18(19)22)25-14-20-16-8-9-17(13-16)21(20)15-25;1-18(2,3)19-16-10-11-17(20-12-6-7-13-20)15-9-5-4-8-14(15)16;1-10-8-12(9-11(2)13(10)14)15-6-4-3-5-7-15;1-10-8-12(14)9-11(2)13(10)15-6-4-3-5-7-15;1-15(2)12-6-5-11(14)9-4-3-8(13)7-10(9)12;1-9-7-11(8-10(2)12(9)13)14-5-3-4-6-14/h4-7,10-11,16-17,20-21H,2-3,8-9,12-15H2,1H3;4-5,8-11H,6-7,12-13H2,1-3H3;2*8-9H,3-7H2,1-2H3;3-7H,1-2H3,(H-,13,14);7-8H,3-6H2,1-2H3/q2*+1;;;;/p+4. The molecule has 5 saturated heterocycles. The molecule has 5 N–H and O–H groups in total. The lowest BCUT2D eigenvalue weighted by Gasteiger charge is -2.22. The van der Waals surface area contributed by atoms with Crippen molar-refractivity contribution in [3.8, 4) is 40.2 Å². The molecule has 16 rings (SSSR count). The predicted molar refractivity (Wildman–Crippen MR) is 457 cm³/mol. The van der Waals surface area contributed by atoms with Crippen LogP contribution in [-0.2, 0) is 65.4 Å². The molecule has 9 aromatic carbocycles. The number of ether oxygens (including phenoxy) is 2. The van der Waals surface area contributed by atoms with Crippen LogP contribution in [-0.4, -0.2) is 108 Å². The molecule has 5 heterocycles. The zero-order valence-corrected chi connectivity index (χ0v) is 69.4. The summed E-state index contributed by atoms with van der Waals surface area (Å²) in [5.74, 6) is 21.9. The van der Waals surface area contributed by atoms with Gasteiger partial charge in [0.05, 0.1) is 6.61 Å². The van der Waals surface area contributed by atoms with Crippen LogP contribution in [0.5, 0.6) is 40.2 Å². The second-order valence-corrected chi connectivity index (χ2v) is 44.3. The van der Waals surface area contributed by atoms with Crippen LogP contribution in [0.2, 0.25) is 0 Å². The summed E-state index contributed by atoms with van der Waals surface area (Å²) in [6.45, 7) is 21.6. The van der Waals surface area contributed by atoms with E-state index >= 15 is 0 Å². The van der Waals surface area contributed by atoms with Gasteiger partial charge in [-0.25, -0.2) is 0 Å². The van der Waals surface area contributed by atoms with Gasteiger partial charge in [-0.3, -0.25) is 0 Å². The van der Waals surface area contributed by atoms with E-state index in [1.54, 1.807) is 40.5 Å². The molecule has 9 aromatic rings. The molecular weight excluding hydrogens is 1400 g/mol. The smallest absolute Gasteiger partial charge is 0.163 e. The Morgan fingerprint density at radius 3 is 1.35 bits per heavy atom. The molecule has 13 heteroatoms. The molecule has 4 atom stereocenters. The molecule has 0 amide bonds. The Balaban J connectivity index is 0.000000127. The first-order chi connectivity index (χ1) is 50.0. The third-order valence-electron chi connectivity index (χ3n) is 21.9. The molecule has 2 saturated carbocycles. The average molecular weight is 1520 g/mol. The van der Waals surface area contributed by atoms with Crippen molar-refractivity contribution in [1.29, 1.82) is 0 Å². The SMILES string of the molecule is CC(C)(C)Oc1ccc([S+]2CCCC2)c2ccccc12.CCCCOc1ccc([S+]2CC3C4CCC(C4)C3C2)c2ccccc12.C[S+](C)c1ccc(O)c2ccc(O)cc12.Cc1cc(O)cc(C)c1[S+]1CCCCC1.Cc1cc([S+]2CCCC2)cc(C)c1O.Cc1cc([S+]2CCCCC2)cc(C)c1O. The molecule has 0 radical (unpaired) electrons. The first-order valence-corrected chi connectivity index (χ1v) is 48.5. The summed E-state index contributed by atoms with van der Waals surface area (Å²) in [4.78, 5) is 8.76. The zero-order valence-electron chi connectivity index (χ0n) is 64.5. The molecule has 5 aliphatic heterocycles. The lowest BCUT2D eigenvalue weighted by atomic mass is 9.82. The molecule has 7 fully saturated rings. The number of unbranched alkanes of at least 4 members (excludes halogenated alkanes) is 1. The van der Waals surface area contributed by atoms with Gasteiger partial charge >= 0.3 is 0 Å². The van der Waals surface area contributed by atoms with Gasteiger partial charge in [-0.2, -0.15) is 0 Å². The minimum Gasteiger partial charge on any atom is -0.508 e. The Hall–Kier alpha value is -5.54. The predicted octanol–water partition coefficient (Wildman–Crippen LogP) is 22.1. The molecule has 7 nitrogen and oxygen atoms in total. The van der Waals surface area contributed by atoms with Crippen molar-refractivity contribution in [2.75, 3.05) is 76.6 Å². The van der Waals surface area contributed by atoms with E-state index in [0.717, 1.165) is 81.2 Å². The number of rotatable bonds is 11. The van der Waals surface area contributed by atoms with E-state index in [1.165, 1.54) is 193 Å². The van der Waals surface area contributed by atoms with Crippen molar-refractivity contribution in [1.82, 2.24) is 0 Å². The van der Waals surface area contributed by atoms with Crippen LogP contribution in [0.1, 0.15) is 157 Å². The number of hydrogen-bond donors (Lipinski definition) is 5. The first kappa shape index (κ1) is 79.5. The monoisotopic (exact) mass is 1520 g/mol. The summed E-state index contributed by atoms with van der Waals surface area (Å²) >= 11 is 0. The molecule has 2 aliphatic carbocycles. The minimum absolute atomic E-state index is 0.108. The summed E-state index contributed by atoms with van der Waals surface area (Å²) in [6, 6.07) is 47.9. The van der Waals surface area contributed by atoms with Gasteiger partial charge < -0.3 is 35.0 Å². The average Bonchev–Trinajstić information content (AvgIpc) is 1.61. The van der Waals surface area contributed by atoms with Gasteiger partial charge in [-0.15, -0.1) is 0 Å². The number of aryl methyl sites for hydroxylation is 6. The Kier molecular flexibility index (Phi) is 28.3. The number of aromatic hydroxyl groups is 5. The van der Waals surface area contributed by atoms with Crippen molar-refractivity contribution >= 4 is 97.7 Å². The fourth-order valence-corrected chi connectivity index (χ4v) is 31.0. The first-order valence-electron chi connectivity index (χ1n) is 38.7. The highest BCUT2D eigenvalue weighted by molar-refractivity contribution is 7.98. The summed E-state index contributed by atoms with van der Waals surface area (Å²) in [6.07, 6.45) is 25.0. The van der Waals surface area contributed by atoms with Gasteiger partial charge in [0.25, 0.3) is 0 Å². The van der Waals surface area contributed by atoms with E-state index in [1.807, 2.05) is 45.9 Å². The van der Waals surface area contributed by atoms with Gasteiger partial charge in [0.2, 0.25) is 0 Å². The van der Waals surface area contributed by atoms with Crippen molar-refractivity contribution < 1.29 is 35.0 Å². The van der Waals surface area contributed by atoms with Crippen LogP contribution in [0.15, 0.2) is 169 Å². The van der Waals surface area contributed by atoms with Gasteiger partial charge in [-0.1, -0.05) is 49.7 Å². The number of fused-ring (bicyclic) bond motifs is 8. The molecule has 556 valence electrons. The van der Waals surface area contributed by atoms with E-state index in [4.69, 9.17) is 9.47 Å². The van der Waals surface area contributed by atoms with E-state index in [0.29, 0.717) is 71.7 Å². The van der Waals surface area contributed by atoms with Crippen LogP contribution in [0.4, 0.5) is 0 Å². The molecule has 7 aliphatic rings. The number of phenolic OH excluding ortho intramolecular Hbond substituents is 5. The maximum Gasteiger partial charge on any atom is 0.163 e. The Bertz CT molecular complexity index is 4240. The molecular formula is C91H120O7S6+6. The van der Waals surface area contributed by atoms with Crippen molar-refractivity contribution in [2.45, 2.75) is 201 Å². The topological polar surface area (TPSA) is 120 Å². The molecule has 0 spiro atoms. The summed E-state index contributed by atoms with van der Waals surface area (Å²) in [7, 11) is 2.38. The highest BCUT2D eigenvalue weighted by Crippen LogP contribution is 2.57. The zero-order chi connectivity index (χ0) is 73.8. The minimum atomic E-state index is -0.153. The van der Waals surface area contributed by atoms with E-state index in [-0.39, 0.29) is 28.0 Å². The Labute approximate surface area is 641 Å². The van der Waals surface area contributed by atoms with E-state index in [2.05, 4.69) is 151 Å². The van der Waals surface area contributed by atoms with Gasteiger partial charge in [0, 0.05) is 121 Å². The fraction of sp³-hybridized carbons (Fsp3) is 0.473. The highest BCUT2D eigenvalue weighted by atomic mass is 32.2. The number of phenols is 5. The van der Waals surface area contributed by atoms with Crippen LogP contribution in [0.3, 0.4) is 0 Å². The third kappa shape index (κ3) is 20.0. The van der Waals surface area contributed by atoms with Crippen LogP contribution in [0.25, 0.3) is 32.3 Å². The second-order valence-electron chi connectivity index (χ2n) is 31.1. The lowest BCUT2D eigenvalue weighted by Crippen LogP contribution is -2.23. The summed E-state index contributed by atoms with van der Waals surface area (Å²) in [5, 5.41) is 55.2. The normalized spacial score (nSPS) is 20.3. The maximum atomic E-state index is 9.73. The number of hydrogen-bond acceptors (Lipinski definition) is 7. The maximum absolute atomic E-state index is 9.73. The largest absolute Gasteiger partial charge is 0.508 e. The quantitative estimate of drug-likeness (QED) is 0.0646. The summed E-state index contributed by atoms with van der Waals surface area (Å²) < 4.78 is 12.2. The fourth-order valence-electron chi connectivity index (χ4n) is 16.7. The van der Waals surface area contributed by atoms with Crippen LogP contribution in [0, 0.1) is 65.2 Å². The van der Waals surface area contributed by atoms with E-state index in [9.17, 15) is 25.5 Å². The molecule has 4 unspecified atom stereocenters. The number of benzene rings is 9. The van der Waals surface area contributed by atoms with Gasteiger partial charge in [0.15, 0.2) is 29.4 Å². The van der Waals surface area contributed by atoms with Crippen molar-refractivity contribution in [3.63, 3.8) is 0 Å². The molecule has 104 heavy (non-hydrogen) atoms. The Morgan fingerprint density at radius 2 is 0.865 bits per heavy atom. The van der Waals surface area contributed by atoms with Gasteiger partial charge in [-0.05, 0) is 289 Å². The molecule has 2 bridgehead atoms. The second kappa shape index (κ2) is 37.0. The van der Waals surface area contributed by atoms with E-state index < -0.39 is 0 Å². The van der Waals surface area contributed by atoms with Gasteiger partial charge in [0.1, 0.15) is 116 Å². The highest BCUT2D eigenvalue weighted by Gasteiger charge is 2.57. The van der Waals surface area contributed by atoms with Crippen molar-refractivity contribution in [3.05, 3.63) is 173 Å². The van der Waals surface area contributed by atoms with Crippen molar-refractivity contribution in [2.24, 2.45) is 23.7 Å². The lowest BCUT2D eigenvalue weighted by molar-refractivity contribution is 0.133. The summed E-state index contributed by atoms with van der Waals surface area (Å²) in [5.41, 5.74) is 6.51. The molecule has 0 aromatic heterocycles. The van der Waals surface area contributed by atoms with Crippen LogP contribution < -0.4 is 9.47 Å².